The third-order valence-corrected chi connectivity index (χ3v) is 6.46. The standard InChI is InChI=1S/C24H25N9/c1-2-4-21-27-23-20-16-26-32(22(20)28-24(25)33(23)29-21)14-11-30-9-12-31(13-10-30)19-8-7-17-5-3-6-18(17)15-19/h3,5,7-8,15-16H,6,9-14H2,1H3,(H2,25,28). The summed E-state index contributed by atoms with van der Waals surface area (Å²) < 4.78 is 3.44. The van der Waals surface area contributed by atoms with Crippen molar-refractivity contribution in [3.8, 4) is 11.8 Å². The zero-order valence-corrected chi connectivity index (χ0v) is 18.6. The van der Waals surface area contributed by atoms with Crippen LogP contribution >= 0.6 is 0 Å². The Morgan fingerprint density at radius 2 is 1.94 bits per heavy atom. The predicted molar refractivity (Wildman–Crippen MR) is 129 cm³/mol. The van der Waals surface area contributed by atoms with Gasteiger partial charge in [0.15, 0.2) is 11.3 Å². The SMILES string of the molecule is CC#Cc1nc2c3cnn(CCN4CCN(c5ccc6c(c5)CC=C6)CC4)c3nc(N)n2n1. The summed E-state index contributed by atoms with van der Waals surface area (Å²) in [4.78, 5) is 14.0. The minimum atomic E-state index is 0.286. The Morgan fingerprint density at radius 1 is 1.06 bits per heavy atom. The Balaban J connectivity index is 1.13. The quantitative estimate of drug-likeness (QED) is 0.485. The third-order valence-electron chi connectivity index (χ3n) is 6.46. The molecule has 1 saturated heterocycles. The lowest BCUT2D eigenvalue weighted by molar-refractivity contribution is 0.245. The number of nitrogens with two attached hydrogens (primary N) is 1. The van der Waals surface area contributed by atoms with Crippen LogP contribution in [0.4, 0.5) is 11.6 Å². The van der Waals surface area contributed by atoms with E-state index in [1.807, 2.05) is 4.68 Å². The lowest BCUT2D eigenvalue weighted by Crippen LogP contribution is -2.47. The van der Waals surface area contributed by atoms with Crippen LogP contribution in [0.1, 0.15) is 23.9 Å². The fourth-order valence-electron chi connectivity index (χ4n) is 4.69. The fourth-order valence-corrected chi connectivity index (χ4v) is 4.69. The highest BCUT2D eigenvalue weighted by molar-refractivity contribution is 5.89. The summed E-state index contributed by atoms with van der Waals surface area (Å²) >= 11 is 0. The second-order valence-electron chi connectivity index (χ2n) is 8.44. The number of hydrogen-bond donors (Lipinski definition) is 1. The maximum Gasteiger partial charge on any atom is 0.226 e. The third kappa shape index (κ3) is 3.49. The van der Waals surface area contributed by atoms with Crippen LogP contribution in [-0.2, 0) is 13.0 Å². The summed E-state index contributed by atoms with van der Waals surface area (Å²) in [6, 6.07) is 6.84. The van der Waals surface area contributed by atoms with Gasteiger partial charge in [-0.3, -0.25) is 4.90 Å². The molecule has 2 N–H and O–H groups in total. The number of nitrogens with zero attached hydrogens (tertiary/aromatic N) is 8. The summed E-state index contributed by atoms with van der Waals surface area (Å²) in [5.41, 5.74) is 11.6. The number of allylic oxidation sites excluding steroid dienone is 1. The van der Waals surface area contributed by atoms with Crippen LogP contribution in [0.2, 0.25) is 0 Å². The highest BCUT2D eigenvalue weighted by Gasteiger charge is 2.20. The molecule has 0 spiro atoms. The van der Waals surface area contributed by atoms with Crippen LogP contribution in [0.3, 0.4) is 0 Å². The first kappa shape index (κ1) is 19.8. The van der Waals surface area contributed by atoms with E-state index < -0.39 is 0 Å². The van der Waals surface area contributed by atoms with Crippen LogP contribution < -0.4 is 10.6 Å². The van der Waals surface area contributed by atoms with Gasteiger partial charge in [0, 0.05) is 38.4 Å². The van der Waals surface area contributed by atoms with E-state index in [2.05, 4.69) is 72.2 Å². The van der Waals surface area contributed by atoms with Gasteiger partial charge in [-0.05, 0) is 42.5 Å². The zero-order chi connectivity index (χ0) is 22.4. The number of aromatic nitrogens is 6. The number of nitrogen functional groups attached to an aromatic ring is 1. The van der Waals surface area contributed by atoms with E-state index in [4.69, 9.17) is 5.73 Å². The molecule has 1 aliphatic heterocycles. The number of piperazine rings is 1. The molecule has 9 heteroatoms. The molecule has 6 rings (SSSR count). The van der Waals surface area contributed by atoms with E-state index in [0.29, 0.717) is 11.5 Å². The molecule has 0 amide bonds. The number of hydrogen-bond acceptors (Lipinski definition) is 7. The topological polar surface area (TPSA) is 93.4 Å². The van der Waals surface area contributed by atoms with E-state index in [1.54, 1.807) is 13.1 Å². The van der Waals surface area contributed by atoms with Gasteiger partial charge in [0.2, 0.25) is 11.8 Å². The minimum absolute atomic E-state index is 0.286. The van der Waals surface area contributed by atoms with Crippen molar-refractivity contribution < 1.29 is 0 Å². The predicted octanol–water partition coefficient (Wildman–Crippen LogP) is 1.82. The van der Waals surface area contributed by atoms with Crippen LogP contribution in [-0.4, -0.2) is 67.0 Å². The molecular formula is C24H25N9. The average molecular weight is 440 g/mol. The molecule has 1 fully saturated rings. The van der Waals surface area contributed by atoms with Gasteiger partial charge in [-0.25, -0.2) is 4.68 Å². The van der Waals surface area contributed by atoms with Gasteiger partial charge in [-0.2, -0.15) is 19.6 Å². The molecule has 0 saturated carbocycles. The summed E-state index contributed by atoms with van der Waals surface area (Å²) in [5.74, 6) is 6.41. The highest BCUT2D eigenvalue weighted by atomic mass is 15.4. The summed E-state index contributed by atoms with van der Waals surface area (Å²) in [6.07, 6.45) is 7.29. The normalized spacial score (nSPS) is 15.8. The smallest absolute Gasteiger partial charge is 0.226 e. The Hall–Kier alpha value is -3.90. The second kappa shape index (κ2) is 7.90. The number of rotatable bonds is 4. The molecule has 0 unspecified atom stereocenters. The van der Waals surface area contributed by atoms with Crippen molar-refractivity contribution in [1.29, 1.82) is 0 Å². The van der Waals surface area contributed by atoms with Gasteiger partial charge in [0.25, 0.3) is 0 Å². The minimum Gasteiger partial charge on any atom is -0.369 e. The first-order valence-corrected chi connectivity index (χ1v) is 11.3. The van der Waals surface area contributed by atoms with Crippen molar-refractivity contribution >= 4 is 34.4 Å². The van der Waals surface area contributed by atoms with Gasteiger partial charge in [0.05, 0.1) is 18.1 Å². The maximum atomic E-state index is 6.14. The van der Waals surface area contributed by atoms with Crippen molar-refractivity contribution in [3.05, 3.63) is 47.4 Å². The van der Waals surface area contributed by atoms with Gasteiger partial charge < -0.3 is 10.6 Å². The summed E-state index contributed by atoms with van der Waals surface area (Å²) in [6.45, 7) is 7.51. The summed E-state index contributed by atoms with van der Waals surface area (Å²) in [7, 11) is 0. The van der Waals surface area contributed by atoms with E-state index in [-0.39, 0.29) is 5.95 Å². The molecule has 0 radical (unpaired) electrons. The Bertz CT molecular complexity index is 1440. The van der Waals surface area contributed by atoms with Crippen LogP contribution in [0.25, 0.3) is 22.8 Å². The van der Waals surface area contributed by atoms with Crippen molar-refractivity contribution in [2.24, 2.45) is 0 Å². The number of anilines is 2. The van der Waals surface area contributed by atoms with Gasteiger partial charge in [0.1, 0.15) is 0 Å². The second-order valence-corrected chi connectivity index (χ2v) is 8.44. The maximum absolute atomic E-state index is 6.14. The molecule has 4 aromatic rings. The molecule has 1 aliphatic carbocycles. The fraction of sp³-hybridized carbons (Fsp3) is 0.333. The molecule has 0 atom stereocenters. The van der Waals surface area contributed by atoms with Crippen molar-refractivity contribution in [2.45, 2.75) is 19.9 Å². The van der Waals surface area contributed by atoms with E-state index in [1.165, 1.54) is 21.3 Å². The highest BCUT2D eigenvalue weighted by Crippen LogP contribution is 2.26. The zero-order valence-electron chi connectivity index (χ0n) is 18.6. The first-order valence-electron chi connectivity index (χ1n) is 11.3. The molecular weight excluding hydrogens is 414 g/mol. The molecule has 3 aromatic heterocycles. The molecule has 33 heavy (non-hydrogen) atoms. The van der Waals surface area contributed by atoms with E-state index in [9.17, 15) is 0 Å². The van der Waals surface area contributed by atoms with Crippen molar-refractivity contribution in [2.75, 3.05) is 43.4 Å². The Morgan fingerprint density at radius 3 is 2.79 bits per heavy atom. The lowest BCUT2D eigenvalue weighted by Gasteiger charge is -2.36. The van der Waals surface area contributed by atoms with Crippen molar-refractivity contribution in [3.63, 3.8) is 0 Å². The molecule has 166 valence electrons. The molecule has 1 aromatic carbocycles. The largest absolute Gasteiger partial charge is 0.369 e. The van der Waals surface area contributed by atoms with Crippen molar-refractivity contribution in [1.82, 2.24) is 34.3 Å². The van der Waals surface area contributed by atoms with Gasteiger partial charge in [-0.15, -0.1) is 5.10 Å². The van der Waals surface area contributed by atoms with E-state index in [0.717, 1.165) is 56.7 Å². The lowest BCUT2D eigenvalue weighted by atomic mass is 10.1. The molecule has 9 nitrogen and oxygen atoms in total. The number of fused-ring (bicyclic) bond motifs is 4. The number of benzene rings is 1. The Labute approximate surface area is 191 Å². The molecule has 2 aliphatic rings. The van der Waals surface area contributed by atoms with Crippen LogP contribution in [0, 0.1) is 11.8 Å². The van der Waals surface area contributed by atoms with Crippen LogP contribution in [0.15, 0.2) is 30.5 Å². The van der Waals surface area contributed by atoms with Gasteiger partial charge >= 0.3 is 0 Å². The molecule has 4 heterocycles. The first-order chi connectivity index (χ1) is 16.2. The summed E-state index contributed by atoms with van der Waals surface area (Å²) in [5, 5.41) is 9.71. The van der Waals surface area contributed by atoms with E-state index >= 15 is 0 Å². The Kier molecular flexibility index (Phi) is 4.73. The average Bonchev–Trinajstić information content (AvgIpc) is 3.56. The monoisotopic (exact) mass is 439 g/mol. The van der Waals surface area contributed by atoms with Gasteiger partial charge in [-0.1, -0.05) is 24.1 Å². The molecule has 0 bridgehead atoms. The van der Waals surface area contributed by atoms with Crippen LogP contribution in [0.5, 0.6) is 0 Å².